The zero-order valence-electron chi connectivity index (χ0n) is 37.0. The fourth-order valence-corrected chi connectivity index (χ4v) is 5.95. The van der Waals surface area contributed by atoms with Crippen LogP contribution in [0, 0.1) is 5.92 Å². The van der Waals surface area contributed by atoms with Gasteiger partial charge in [-0.3, -0.25) is 62.5 Å². The van der Waals surface area contributed by atoms with Crippen LogP contribution in [-0.2, 0) is 68.5 Å². The number of aldehydes is 1. The molecule has 0 fully saturated rings. The number of phosphoric acid groups is 1. The molecule has 1 rings (SSSR count). The summed E-state index contributed by atoms with van der Waals surface area (Å²) in [5.74, 6) is -14.6. The van der Waals surface area contributed by atoms with E-state index in [9.17, 15) is 77.4 Å². The Morgan fingerprint density at radius 2 is 1.10 bits per heavy atom. The van der Waals surface area contributed by atoms with Crippen molar-refractivity contribution in [2.75, 3.05) is 13.2 Å². The summed E-state index contributed by atoms with van der Waals surface area (Å²) < 4.78 is 15.8. The molecular formula is C38H56N9O20P. The fraction of sp³-hybridized carbons (Fsp3) is 0.526. The normalized spacial score (nSPS) is 14.6. The molecule has 0 aliphatic carbocycles. The van der Waals surface area contributed by atoms with Crippen molar-refractivity contribution in [3.63, 3.8) is 0 Å². The number of hydrogen-bond acceptors (Lipinski definition) is 16. The number of aliphatic hydroxyl groups is 1. The predicted molar refractivity (Wildman–Crippen MR) is 228 cm³/mol. The van der Waals surface area contributed by atoms with Crippen LogP contribution >= 0.6 is 7.82 Å². The lowest BCUT2D eigenvalue weighted by atomic mass is 10.0. The van der Waals surface area contributed by atoms with Crippen LogP contribution in [-0.4, -0.2) is 163 Å². The number of benzene rings is 1. The van der Waals surface area contributed by atoms with Crippen molar-refractivity contribution in [2.24, 2.45) is 11.7 Å². The van der Waals surface area contributed by atoms with Crippen molar-refractivity contribution in [1.29, 1.82) is 0 Å². The molecule has 0 bridgehead atoms. The van der Waals surface area contributed by atoms with Gasteiger partial charge in [-0.2, -0.15) is 0 Å². The Labute approximate surface area is 386 Å². The van der Waals surface area contributed by atoms with E-state index in [4.69, 9.17) is 20.6 Å². The Bertz CT molecular complexity index is 2060. The van der Waals surface area contributed by atoms with Crippen molar-refractivity contribution in [1.82, 2.24) is 42.5 Å². The second-order valence-electron chi connectivity index (χ2n) is 15.3. The van der Waals surface area contributed by atoms with E-state index >= 15 is 0 Å². The summed E-state index contributed by atoms with van der Waals surface area (Å²) in [6, 6.07) is -7.95. The van der Waals surface area contributed by atoms with Crippen LogP contribution in [0.3, 0.4) is 0 Å². The molecule has 378 valence electrons. The summed E-state index contributed by atoms with van der Waals surface area (Å²) in [6.07, 6.45) is -3.29. The molecule has 30 heteroatoms. The van der Waals surface area contributed by atoms with Gasteiger partial charge in [0.05, 0.1) is 38.1 Å². The van der Waals surface area contributed by atoms with Crippen LogP contribution in [0.1, 0.15) is 58.9 Å². The molecule has 8 amide bonds. The number of nitrogens with one attached hydrogen (secondary N) is 8. The molecule has 29 nitrogen and oxygen atoms in total. The van der Waals surface area contributed by atoms with Gasteiger partial charge in [0.25, 0.3) is 0 Å². The monoisotopic (exact) mass is 989 g/mol. The molecule has 0 heterocycles. The highest BCUT2D eigenvalue weighted by Gasteiger charge is 2.34. The Morgan fingerprint density at radius 1 is 0.632 bits per heavy atom. The molecule has 0 aliphatic heterocycles. The first-order chi connectivity index (χ1) is 31.6. The van der Waals surface area contributed by atoms with Crippen LogP contribution in [0.15, 0.2) is 24.3 Å². The second-order valence-corrected chi connectivity index (χ2v) is 16.4. The maximum Gasteiger partial charge on any atom is 0.524 e. The summed E-state index contributed by atoms with van der Waals surface area (Å²) in [5.41, 5.74) is 5.68. The van der Waals surface area contributed by atoms with Crippen molar-refractivity contribution in [3.8, 4) is 5.75 Å². The van der Waals surface area contributed by atoms with Gasteiger partial charge in [0.15, 0.2) is 0 Å². The maximum absolute atomic E-state index is 13.9. The standard InChI is InChI=1S/C38H56N9O20P/c1-17(2)31(38(63)40-14-27(50)42-24(12-29(53)54)34(59)43-22(9-10-28(51)52)33(58)41-18(3)15-48)47-36(61)23(11-20-5-7-21(8-6-20)67-68(64,65)66)45-37(62)26(16-49)46-35(60)25(13-30(55)56)44-32(57)19(4)39/h5-8,15,17-19,22-26,31,49H,9-14,16,39H2,1-4H3,(H,40,63)(H,41,58)(H,42,50)(H,43,59)(H,44,57)(H,45,62)(H,46,60)(H,47,61)(H,51,52)(H,53,54)(H,55,56)(H2,64,65,66)/t18-,19-,22-,23-,24-,25-,26-,31-/m0/s1. The SMILES string of the molecule is CC(C)[C@H](NC(=O)[C@H](Cc1ccc(OP(=O)(O)O)cc1)NC(=O)[C@H](CO)NC(=O)[C@H](CC(=O)O)NC(=O)[C@H](C)N)C(=O)NCC(=O)N[C@@H](CC(=O)O)C(=O)N[C@@H](CCC(=O)O)C(=O)N[C@@H](C)C=O. The number of phosphoric ester groups is 1. The molecule has 68 heavy (non-hydrogen) atoms. The lowest BCUT2D eigenvalue weighted by Crippen LogP contribution is -2.60. The first-order valence-corrected chi connectivity index (χ1v) is 21.8. The molecule has 0 saturated heterocycles. The lowest BCUT2D eigenvalue weighted by molar-refractivity contribution is -0.142. The topological polar surface area (TPSA) is 475 Å². The first kappa shape index (κ1) is 58.9. The smallest absolute Gasteiger partial charge is 0.481 e. The molecule has 0 saturated carbocycles. The number of aliphatic hydroxyl groups excluding tert-OH is 1. The van der Waals surface area contributed by atoms with Gasteiger partial charge in [-0.05, 0) is 43.9 Å². The number of rotatable bonds is 30. The van der Waals surface area contributed by atoms with Gasteiger partial charge in [-0.25, -0.2) is 4.57 Å². The second kappa shape index (κ2) is 28.2. The van der Waals surface area contributed by atoms with E-state index in [2.05, 4.69) is 47.1 Å². The van der Waals surface area contributed by atoms with Gasteiger partial charge in [0.2, 0.25) is 47.3 Å². The molecule has 1 aromatic carbocycles. The summed E-state index contributed by atoms with van der Waals surface area (Å²) in [7, 11) is -4.99. The molecule has 0 radical (unpaired) electrons. The highest BCUT2D eigenvalue weighted by molar-refractivity contribution is 7.46. The van der Waals surface area contributed by atoms with E-state index in [1.165, 1.54) is 39.8 Å². The molecule has 0 aromatic heterocycles. The van der Waals surface area contributed by atoms with E-state index in [0.29, 0.717) is 6.29 Å². The van der Waals surface area contributed by atoms with Gasteiger partial charge < -0.3 is 78.0 Å². The third-order valence-corrected chi connectivity index (χ3v) is 9.46. The van der Waals surface area contributed by atoms with E-state index in [1.807, 2.05) is 0 Å². The third kappa shape index (κ3) is 22.4. The molecule has 16 N–H and O–H groups in total. The average molecular weight is 990 g/mol. The van der Waals surface area contributed by atoms with Crippen LogP contribution in [0.25, 0.3) is 0 Å². The number of carboxylic acid groups (broad SMARTS) is 3. The van der Waals surface area contributed by atoms with E-state index in [0.717, 1.165) is 12.1 Å². The summed E-state index contributed by atoms with van der Waals surface area (Å²) in [5, 5.41) is 55.3. The zero-order valence-corrected chi connectivity index (χ0v) is 37.9. The van der Waals surface area contributed by atoms with Crippen LogP contribution in [0.5, 0.6) is 5.75 Å². The minimum Gasteiger partial charge on any atom is -0.481 e. The van der Waals surface area contributed by atoms with Gasteiger partial charge >= 0.3 is 25.7 Å². The molecule has 8 atom stereocenters. The van der Waals surface area contributed by atoms with Crippen molar-refractivity contribution < 1.29 is 96.8 Å². The molecule has 0 aliphatic rings. The molecule has 0 unspecified atom stereocenters. The van der Waals surface area contributed by atoms with Crippen molar-refractivity contribution >= 4 is 79.3 Å². The van der Waals surface area contributed by atoms with E-state index in [-0.39, 0.29) is 11.3 Å². The number of carbonyl (C=O) groups excluding carboxylic acids is 9. The van der Waals surface area contributed by atoms with Crippen LogP contribution in [0.2, 0.25) is 0 Å². The van der Waals surface area contributed by atoms with E-state index in [1.54, 1.807) is 0 Å². The van der Waals surface area contributed by atoms with Gasteiger partial charge in [-0.1, -0.05) is 26.0 Å². The Kier molecular flexibility index (Phi) is 24.4. The van der Waals surface area contributed by atoms with Crippen molar-refractivity contribution in [3.05, 3.63) is 29.8 Å². The summed E-state index contributed by atoms with van der Waals surface area (Å²) in [4.78, 5) is 168. The lowest BCUT2D eigenvalue weighted by Gasteiger charge is -2.27. The first-order valence-electron chi connectivity index (χ1n) is 20.3. The predicted octanol–water partition coefficient (Wildman–Crippen LogP) is -5.76. The van der Waals surface area contributed by atoms with Crippen LogP contribution in [0.4, 0.5) is 0 Å². The highest BCUT2D eigenvalue weighted by Crippen LogP contribution is 2.37. The summed E-state index contributed by atoms with van der Waals surface area (Å²) in [6.45, 7) is 3.33. The number of hydrogen-bond donors (Lipinski definition) is 15. The highest BCUT2D eigenvalue weighted by atomic mass is 31.2. The number of carbonyl (C=O) groups is 12. The number of aliphatic carboxylic acids is 3. The minimum atomic E-state index is -4.99. The van der Waals surface area contributed by atoms with Gasteiger partial charge in [0.1, 0.15) is 48.3 Å². The Morgan fingerprint density at radius 3 is 1.57 bits per heavy atom. The molecule has 0 spiro atoms. The number of carboxylic acids is 3. The number of nitrogens with two attached hydrogens (primary N) is 1. The van der Waals surface area contributed by atoms with Gasteiger partial charge in [-0.15, -0.1) is 0 Å². The van der Waals surface area contributed by atoms with Crippen LogP contribution < -0.4 is 52.8 Å². The third-order valence-electron chi connectivity index (χ3n) is 9.02. The molecular weight excluding hydrogens is 933 g/mol. The Hall–Kier alpha value is -7.07. The Balaban J connectivity index is 3.36. The largest absolute Gasteiger partial charge is 0.524 e. The average Bonchev–Trinajstić information content (AvgIpc) is 3.23. The van der Waals surface area contributed by atoms with Gasteiger partial charge in [0, 0.05) is 12.8 Å². The fourth-order valence-electron chi connectivity index (χ4n) is 5.56. The van der Waals surface area contributed by atoms with E-state index < -0.39 is 172 Å². The zero-order chi connectivity index (χ0) is 52.1. The maximum atomic E-state index is 13.9. The molecule has 1 aromatic rings. The minimum absolute atomic E-state index is 0.194. The van der Waals surface area contributed by atoms with Crippen molar-refractivity contribution in [2.45, 2.75) is 108 Å². The quantitative estimate of drug-likeness (QED) is 0.0252. The number of amides is 8. The summed E-state index contributed by atoms with van der Waals surface area (Å²) >= 11 is 0.